The number of piperidine rings is 1. The van der Waals surface area contributed by atoms with Gasteiger partial charge in [-0.25, -0.2) is 0 Å². The minimum Gasteiger partial charge on any atom is -0.491 e. The number of hydrogen-bond acceptors (Lipinski definition) is 4. The van der Waals surface area contributed by atoms with Gasteiger partial charge in [0.2, 0.25) is 5.91 Å². The molecule has 1 N–H and O–H groups in total. The zero-order valence-electron chi connectivity index (χ0n) is 15.7. The molecule has 152 valence electrons. The summed E-state index contributed by atoms with van der Waals surface area (Å²) in [6, 6.07) is 4.56. The third-order valence-electron chi connectivity index (χ3n) is 4.67. The first-order valence-electron chi connectivity index (χ1n) is 9.13. The van der Waals surface area contributed by atoms with Crippen molar-refractivity contribution in [3.05, 3.63) is 29.8 Å². The number of carbonyl (C=O) groups is 1. The second-order valence-corrected chi connectivity index (χ2v) is 7.12. The Bertz CT molecular complexity index is 607. The summed E-state index contributed by atoms with van der Waals surface area (Å²) in [6.45, 7) is 3.19. The van der Waals surface area contributed by atoms with Gasteiger partial charge in [0.25, 0.3) is 0 Å². The number of rotatable bonds is 7. The number of carbonyl (C=O) groups excluding carboxylic acids is 1. The van der Waals surface area contributed by atoms with Crippen LogP contribution in [0, 0.1) is 0 Å². The molecule has 1 heterocycles. The van der Waals surface area contributed by atoms with Gasteiger partial charge in [-0.2, -0.15) is 13.2 Å². The predicted octanol–water partition coefficient (Wildman–Crippen LogP) is 2.78. The van der Waals surface area contributed by atoms with E-state index in [1.54, 1.807) is 11.9 Å². The van der Waals surface area contributed by atoms with Gasteiger partial charge in [-0.05, 0) is 57.5 Å². The predicted molar refractivity (Wildman–Crippen MR) is 95.5 cm³/mol. The van der Waals surface area contributed by atoms with Gasteiger partial charge in [0.05, 0.1) is 12.1 Å². The molecule has 1 aromatic rings. The average molecular weight is 388 g/mol. The number of alkyl halides is 3. The second kappa shape index (κ2) is 9.41. The minimum absolute atomic E-state index is 0.0422. The fourth-order valence-electron chi connectivity index (χ4n) is 3.20. The molecular weight excluding hydrogens is 361 g/mol. The molecular formula is C19H27F3N2O3. The molecule has 5 nitrogen and oxygen atoms in total. The van der Waals surface area contributed by atoms with Crippen LogP contribution in [0.2, 0.25) is 0 Å². The second-order valence-electron chi connectivity index (χ2n) is 7.12. The molecule has 1 fully saturated rings. The minimum atomic E-state index is -4.39. The van der Waals surface area contributed by atoms with Crippen molar-refractivity contribution in [1.82, 2.24) is 9.80 Å². The molecule has 0 bridgehead atoms. The Labute approximate surface area is 157 Å². The van der Waals surface area contributed by atoms with Crippen LogP contribution in [0.25, 0.3) is 0 Å². The number of likely N-dealkylation sites (N-methyl/N-ethyl adjacent to an activating group) is 1. The Morgan fingerprint density at radius 3 is 2.59 bits per heavy atom. The maximum Gasteiger partial charge on any atom is 0.416 e. The summed E-state index contributed by atoms with van der Waals surface area (Å²) in [5.41, 5.74) is -0.749. The van der Waals surface area contributed by atoms with Crippen LogP contribution < -0.4 is 4.74 Å². The van der Waals surface area contributed by atoms with E-state index in [0.29, 0.717) is 0 Å². The van der Waals surface area contributed by atoms with E-state index in [9.17, 15) is 23.1 Å². The summed E-state index contributed by atoms with van der Waals surface area (Å²) in [5, 5.41) is 10.1. The normalized spacial score (nSPS) is 19.2. The third kappa shape index (κ3) is 6.70. The largest absolute Gasteiger partial charge is 0.491 e. The van der Waals surface area contributed by atoms with Crippen LogP contribution in [0.1, 0.15) is 31.7 Å². The smallest absolute Gasteiger partial charge is 0.416 e. The topological polar surface area (TPSA) is 53.0 Å². The van der Waals surface area contributed by atoms with Crippen LogP contribution in [0.3, 0.4) is 0 Å². The zero-order chi connectivity index (χ0) is 20.0. The highest BCUT2D eigenvalue weighted by atomic mass is 19.4. The quantitative estimate of drug-likeness (QED) is 0.781. The van der Waals surface area contributed by atoms with E-state index in [0.717, 1.165) is 37.9 Å². The molecule has 1 saturated heterocycles. The van der Waals surface area contributed by atoms with Gasteiger partial charge in [0.1, 0.15) is 18.5 Å². The van der Waals surface area contributed by atoms with Crippen molar-refractivity contribution in [1.29, 1.82) is 0 Å². The molecule has 27 heavy (non-hydrogen) atoms. The SMILES string of the molecule is CC1CCCCN1C(=O)CN(C)CC(O)COc1ccc(C(F)(F)F)cc1. The summed E-state index contributed by atoms with van der Waals surface area (Å²) in [5.74, 6) is 0.295. The lowest BCUT2D eigenvalue weighted by Crippen LogP contribution is -2.47. The Hall–Kier alpha value is -1.80. The number of hydrogen-bond donors (Lipinski definition) is 1. The first-order valence-corrected chi connectivity index (χ1v) is 9.13. The highest BCUT2D eigenvalue weighted by Crippen LogP contribution is 2.30. The van der Waals surface area contributed by atoms with Gasteiger partial charge < -0.3 is 14.7 Å². The van der Waals surface area contributed by atoms with Crippen molar-refractivity contribution in [2.24, 2.45) is 0 Å². The van der Waals surface area contributed by atoms with Gasteiger partial charge in [-0.1, -0.05) is 0 Å². The van der Waals surface area contributed by atoms with Crippen molar-refractivity contribution in [3.8, 4) is 5.75 Å². The van der Waals surface area contributed by atoms with E-state index >= 15 is 0 Å². The summed E-state index contributed by atoms with van der Waals surface area (Å²) in [6.07, 6.45) is -2.08. The Morgan fingerprint density at radius 2 is 2.00 bits per heavy atom. The summed E-state index contributed by atoms with van der Waals surface area (Å²) >= 11 is 0. The number of aliphatic hydroxyl groups is 1. The molecule has 8 heteroatoms. The van der Waals surface area contributed by atoms with Gasteiger partial charge in [0, 0.05) is 19.1 Å². The summed E-state index contributed by atoms with van der Waals surface area (Å²) in [4.78, 5) is 16.0. The monoisotopic (exact) mass is 388 g/mol. The molecule has 1 aliphatic rings. The number of ether oxygens (including phenoxy) is 1. The van der Waals surface area contributed by atoms with Crippen LogP contribution >= 0.6 is 0 Å². The maximum atomic E-state index is 12.5. The number of aliphatic hydroxyl groups excluding tert-OH is 1. The lowest BCUT2D eigenvalue weighted by molar-refractivity contribution is -0.138. The van der Waals surface area contributed by atoms with Crippen LogP contribution in [-0.2, 0) is 11.0 Å². The van der Waals surface area contributed by atoms with E-state index in [1.165, 1.54) is 12.1 Å². The fraction of sp³-hybridized carbons (Fsp3) is 0.632. The van der Waals surface area contributed by atoms with Gasteiger partial charge in [-0.3, -0.25) is 9.69 Å². The van der Waals surface area contributed by atoms with Gasteiger partial charge in [0.15, 0.2) is 0 Å². The number of likely N-dealkylation sites (tertiary alicyclic amines) is 1. The first-order chi connectivity index (χ1) is 12.7. The summed E-state index contributed by atoms with van der Waals surface area (Å²) < 4.78 is 42.9. The van der Waals surface area contributed by atoms with Crippen molar-refractivity contribution in [2.75, 3.05) is 33.3 Å². The molecule has 2 rings (SSSR count). The molecule has 0 radical (unpaired) electrons. The molecule has 1 aliphatic heterocycles. The highest BCUT2D eigenvalue weighted by Gasteiger charge is 2.30. The standard InChI is InChI=1S/C19H27F3N2O3/c1-14-5-3-4-10-24(14)18(26)12-23(2)11-16(25)13-27-17-8-6-15(7-9-17)19(20,21)22/h6-9,14,16,25H,3-5,10-13H2,1-2H3. The molecule has 2 atom stereocenters. The average Bonchev–Trinajstić information content (AvgIpc) is 2.59. The van der Waals surface area contributed by atoms with Crippen LogP contribution in [-0.4, -0.2) is 66.2 Å². The first kappa shape index (κ1) is 21.5. The lowest BCUT2D eigenvalue weighted by Gasteiger charge is -2.34. The molecule has 2 unspecified atom stereocenters. The van der Waals surface area contributed by atoms with E-state index in [4.69, 9.17) is 4.74 Å². The molecule has 0 aromatic heterocycles. The van der Waals surface area contributed by atoms with Gasteiger partial charge >= 0.3 is 6.18 Å². The van der Waals surface area contributed by atoms with Crippen LogP contribution in [0.5, 0.6) is 5.75 Å². The van der Waals surface area contributed by atoms with Crippen molar-refractivity contribution in [3.63, 3.8) is 0 Å². The third-order valence-corrected chi connectivity index (χ3v) is 4.67. The molecule has 1 aromatic carbocycles. The molecule has 0 spiro atoms. The van der Waals surface area contributed by atoms with Gasteiger partial charge in [-0.15, -0.1) is 0 Å². The number of benzene rings is 1. The number of nitrogens with zero attached hydrogens (tertiary/aromatic N) is 2. The highest BCUT2D eigenvalue weighted by molar-refractivity contribution is 5.78. The molecule has 1 amide bonds. The van der Waals surface area contributed by atoms with E-state index in [1.807, 2.05) is 11.8 Å². The van der Waals surface area contributed by atoms with Crippen molar-refractivity contribution >= 4 is 5.91 Å². The number of amides is 1. The Kier molecular flexibility index (Phi) is 7.49. The number of halogens is 3. The molecule has 0 aliphatic carbocycles. The maximum absolute atomic E-state index is 12.5. The van der Waals surface area contributed by atoms with Crippen molar-refractivity contribution in [2.45, 2.75) is 44.5 Å². The van der Waals surface area contributed by atoms with Crippen LogP contribution in [0.15, 0.2) is 24.3 Å². The van der Waals surface area contributed by atoms with Crippen LogP contribution in [0.4, 0.5) is 13.2 Å². The van der Waals surface area contributed by atoms with Crippen molar-refractivity contribution < 1.29 is 27.8 Å². The zero-order valence-corrected chi connectivity index (χ0v) is 15.7. The Morgan fingerprint density at radius 1 is 1.33 bits per heavy atom. The molecule has 0 saturated carbocycles. The lowest BCUT2D eigenvalue weighted by atomic mass is 10.0. The Balaban J connectivity index is 1.74. The van der Waals surface area contributed by atoms with E-state index < -0.39 is 17.8 Å². The fourth-order valence-corrected chi connectivity index (χ4v) is 3.20. The van der Waals surface area contributed by atoms with E-state index in [-0.39, 0.29) is 37.4 Å². The van der Waals surface area contributed by atoms with E-state index in [2.05, 4.69) is 0 Å². The summed E-state index contributed by atoms with van der Waals surface area (Å²) in [7, 11) is 1.74.